The van der Waals surface area contributed by atoms with Crippen LogP contribution >= 0.6 is 0 Å². The fourth-order valence-electron chi connectivity index (χ4n) is 2.57. The minimum absolute atomic E-state index is 0.310. The monoisotopic (exact) mass is 287 g/mol. The molecule has 2 heterocycles. The maximum atomic E-state index is 5.41. The predicted molar refractivity (Wildman–Crippen MR) is 73.8 cm³/mol. The van der Waals surface area contributed by atoms with Crippen LogP contribution < -0.4 is 9.47 Å². The first-order chi connectivity index (χ1) is 10.3. The fourth-order valence-corrected chi connectivity index (χ4v) is 2.57. The van der Waals surface area contributed by atoms with Crippen molar-refractivity contribution in [1.82, 2.24) is 25.1 Å². The molecular weight excluding hydrogens is 270 g/mol. The van der Waals surface area contributed by atoms with Gasteiger partial charge in [-0.3, -0.25) is 4.90 Å². The molecule has 1 aromatic carbocycles. The van der Waals surface area contributed by atoms with E-state index in [-0.39, 0.29) is 0 Å². The van der Waals surface area contributed by atoms with Crippen LogP contribution in [0.1, 0.15) is 30.3 Å². The quantitative estimate of drug-likeness (QED) is 0.827. The smallest absolute Gasteiger partial charge is 0.231 e. The van der Waals surface area contributed by atoms with Gasteiger partial charge in [0.05, 0.1) is 12.6 Å². The molecule has 7 heteroatoms. The van der Waals surface area contributed by atoms with Gasteiger partial charge in [0.1, 0.15) is 0 Å². The average molecular weight is 287 g/mol. The second-order valence-corrected chi connectivity index (χ2v) is 5.63. The first-order valence-corrected chi connectivity index (χ1v) is 7.13. The Kier molecular flexibility index (Phi) is 2.99. The van der Waals surface area contributed by atoms with Gasteiger partial charge in [0.2, 0.25) is 6.79 Å². The zero-order valence-electron chi connectivity index (χ0n) is 11.9. The summed E-state index contributed by atoms with van der Waals surface area (Å²) in [5.41, 5.74) is 1.19. The van der Waals surface area contributed by atoms with Crippen LogP contribution in [0.3, 0.4) is 0 Å². The summed E-state index contributed by atoms with van der Waals surface area (Å²) in [7, 11) is 2.07. The van der Waals surface area contributed by atoms with Crippen LogP contribution in [0.25, 0.3) is 0 Å². The molecule has 0 spiro atoms. The number of benzene rings is 1. The minimum atomic E-state index is 0.310. The van der Waals surface area contributed by atoms with Crippen molar-refractivity contribution in [2.24, 2.45) is 0 Å². The molecule has 7 nitrogen and oxygen atoms in total. The van der Waals surface area contributed by atoms with Gasteiger partial charge < -0.3 is 9.47 Å². The zero-order valence-corrected chi connectivity index (χ0v) is 11.9. The first-order valence-electron chi connectivity index (χ1n) is 7.13. The van der Waals surface area contributed by atoms with Gasteiger partial charge in [-0.1, -0.05) is 6.07 Å². The molecule has 21 heavy (non-hydrogen) atoms. The van der Waals surface area contributed by atoms with E-state index in [0.717, 1.165) is 30.4 Å². The SMILES string of the molecule is CN(Cc1ccc2c(c1)OCO2)Cc1nnnn1C1CC1. The highest BCUT2D eigenvalue weighted by molar-refractivity contribution is 5.44. The highest BCUT2D eigenvalue weighted by Crippen LogP contribution is 2.35. The summed E-state index contributed by atoms with van der Waals surface area (Å²) < 4.78 is 12.7. The third kappa shape index (κ3) is 2.56. The number of fused-ring (bicyclic) bond motifs is 1. The van der Waals surface area contributed by atoms with Gasteiger partial charge in [-0.05, 0) is 48.0 Å². The highest BCUT2D eigenvalue weighted by Gasteiger charge is 2.28. The summed E-state index contributed by atoms with van der Waals surface area (Å²) in [6, 6.07) is 6.56. The second kappa shape index (κ2) is 5.00. The Labute approximate surface area is 122 Å². The van der Waals surface area contributed by atoms with Gasteiger partial charge in [-0.15, -0.1) is 5.10 Å². The van der Waals surface area contributed by atoms with Crippen molar-refractivity contribution in [3.63, 3.8) is 0 Å². The molecule has 1 aliphatic heterocycles. The number of rotatable bonds is 5. The Hall–Kier alpha value is -2.15. The molecule has 1 aromatic heterocycles. The molecule has 0 atom stereocenters. The van der Waals surface area contributed by atoms with E-state index in [2.05, 4.69) is 33.5 Å². The summed E-state index contributed by atoms with van der Waals surface area (Å²) in [5, 5.41) is 12.0. The molecule has 0 amide bonds. The number of nitrogens with zero attached hydrogens (tertiary/aromatic N) is 5. The molecule has 0 saturated heterocycles. The van der Waals surface area contributed by atoms with Gasteiger partial charge in [0.25, 0.3) is 0 Å². The summed E-state index contributed by atoms with van der Waals surface area (Å²) in [5.74, 6) is 2.57. The van der Waals surface area contributed by atoms with Crippen LogP contribution in [0.5, 0.6) is 11.5 Å². The largest absolute Gasteiger partial charge is 0.454 e. The van der Waals surface area contributed by atoms with E-state index in [1.807, 2.05) is 16.8 Å². The lowest BCUT2D eigenvalue weighted by Gasteiger charge is -2.16. The van der Waals surface area contributed by atoms with Gasteiger partial charge in [0, 0.05) is 6.54 Å². The number of tetrazole rings is 1. The standard InChI is InChI=1S/C14H17N5O2/c1-18(8-14-15-16-17-19(14)11-3-4-11)7-10-2-5-12-13(6-10)21-9-20-12/h2,5-6,11H,3-4,7-9H2,1H3. The number of ether oxygens (including phenoxy) is 2. The Morgan fingerprint density at radius 2 is 2.10 bits per heavy atom. The van der Waals surface area contributed by atoms with Gasteiger partial charge in [-0.25, -0.2) is 4.68 Å². The van der Waals surface area contributed by atoms with E-state index in [9.17, 15) is 0 Å². The normalized spacial score (nSPS) is 16.7. The minimum Gasteiger partial charge on any atom is -0.454 e. The van der Waals surface area contributed by atoms with Crippen molar-refractivity contribution in [2.45, 2.75) is 32.0 Å². The maximum absolute atomic E-state index is 5.41. The summed E-state index contributed by atoms with van der Waals surface area (Å²) in [6.07, 6.45) is 2.37. The molecule has 1 aliphatic carbocycles. The Bertz CT molecular complexity index is 653. The van der Waals surface area contributed by atoms with Crippen molar-refractivity contribution in [1.29, 1.82) is 0 Å². The van der Waals surface area contributed by atoms with E-state index in [0.29, 0.717) is 12.8 Å². The molecule has 2 aliphatic rings. The molecular formula is C14H17N5O2. The van der Waals surface area contributed by atoms with Crippen molar-refractivity contribution in [3.8, 4) is 11.5 Å². The third-order valence-corrected chi connectivity index (χ3v) is 3.75. The van der Waals surface area contributed by atoms with Gasteiger partial charge in [0.15, 0.2) is 17.3 Å². The van der Waals surface area contributed by atoms with Crippen LogP contribution in [-0.2, 0) is 13.1 Å². The zero-order chi connectivity index (χ0) is 14.2. The van der Waals surface area contributed by atoms with E-state index in [1.54, 1.807) is 0 Å². The Morgan fingerprint density at radius 1 is 1.24 bits per heavy atom. The molecule has 0 radical (unpaired) electrons. The fraction of sp³-hybridized carbons (Fsp3) is 0.500. The molecule has 4 rings (SSSR count). The molecule has 0 unspecified atom stereocenters. The lowest BCUT2D eigenvalue weighted by atomic mass is 10.2. The number of hydrogen-bond donors (Lipinski definition) is 0. The van der Waals surface area contributed by atoms with Crippen LogP contribution in [0.2, 0.25) is 0 Å². The van der Waals surface area contributed by atoms with Gasteiger partial charge in [-0.2, -0.15) is 0 Å². The maximum Gasteiger partial charge on any atom is 0.231 e. The van der Waals surface area contributed by atoms with E-state index in [4.69, 9.17) is 9.47 Å². The topological polar surface area (TPSA) is 65.3 Å². The van der Waals surface area contributed by atoms with Crippen LogP contribution in [0.4, 0.5) is 0 Å². The lowest BCUT2D eigenvalue weighted by Crippen LogP contribution is -2.20. The van der Waals surface area contributed by atoms with Crippen molar-refractivity contribution >= 4 is 0 Å². The van der Waals surface area contributed by atoms with Crippen LogP contribution in [-0.4, -0.2) is 38.9 Å². The number of aromatic nitrogens is 4. The second-order valence-electron chi connectivity index (χ2n) is 5.63. The van der Waals surface area contributed by atoms with E-state index in [1.165, 1.54) is 18.4 Å². The molecule has 1 fully saturated rings. The van der Waals surface area contributed by atoms with E-state index >= 15 is 0 Å². The van der Waals surface area contributed by atoms with E-state index < -0.39 is 0 Å². The van der Waals surface area contributed by atoms with Crippen molar-refractivity contribution in [2.75, 3.05) is 13.8 Å². The lowest BCUT2D eigenvalue weighted by molar-refractivity contribution is 0.174. The average Bonchev–Trinajstić information content (AvgIpc) is 3.03. The third-order valence-electron chi connectivity index (χ3n) is 3.75. The summed E-state index contributed by atoms with van der Waals surface area (Å²) >= 11 is 0. The predicted octanol–water partition coefficient (Wildman–Crippen LogP) is 1.37. The summed E-state index contributed by atoms with van der Waals surface area (Å²) in [4.78, 5) is 2.20. The molecule has 2 aromatic rings. The molecule has 110 valence electrons. The summed E-state index contributed by atoms with van der Waals surface area (Å²) in [6.45, 7) is 1.86. The highest BCUT2D eigenvalue weighted by atomic mass is 16.7. The van der Waals surface area contributed by atoms with Crippen molar-refractivity contribution < 1.29 is 9.47 Å². The van der Waals surface area contributed by atoms with Crippen LogP contribution in [0.15, 0.2) is 18.2 Å². The molecule has 0 bridgehead atoms. The number of hydrogen-bond acceptors (Lipinski definition) is 6. The Morgan fingerprint density at radius 3 is 2.95 bits per heavy atom. The van der Waals surface area contributed by atoms with Gasteiger partial charge >= 0.3 is 0 Å². The van der Waals surface area contributed by atoms with Crippen LogP contribution in [0, 0.1) is 0 Å². The molecule has 0 N–H and O–H groups in total. The first kappa shape index (κ1) is 12.6. The Balaban J connectivity index is 1.43. The van der Waals surface area contributed by atoms with Crippen molar-refractivity contribution in [3.05, 3.63) is 29.6 Å². The molecule has 1 saturated carbocycles.